The molecule has 0 saturated carbocycles. The van der Waals surface area contributed by atoms with Gasteiger partial charge in [-0.3, -0.25) is 0 Å². The largest absolute Gasteiger partial charge is 0.343 e. The molecule has 0 spiro atoms. The molecule has 2 aromatic carbocycles. The number of nitrogens with one attached hydrogen (secondary N) is 1. The molecule has 0 atom stereocenters. The van der Waals surface area contributed by atoms with Crippen LogP contribution < -0.4 is 5.32 Å². The van der Waals surface area contributed by atoms with Crippen molar-refractivity contribution in [2.45, 2.75) is 26.8 Å². The third kappa shape index (κ3) is 2.15. The van der Waals surface area contributed by atoms with Crippen molar-refractivity contribution in [1.29, 1.82) is 0 Å². The molecule has 2 nitrogen and oxygen atoms in total. The van der Waals surface area contributed by atoms with Crippen molar-refractivity contribution in [2.75, 3.05) is 13.1 Å². The van der Waals surface area contributed by atoms with Crippen molar-refractivity contribution in [2.24, 2.45) is 0 Å². The standard InChI is InChI=1S/C20H22N2/c1-14-4-3-5-19(15(14)2)16-6-7-20-17(12-16)13-18-8-9-21-10-11-22(18)20/h3-7,12-13,21H,8-11H2,1-2H3. The SMILES string of the molecule is Cc1cccc(-c2ccc3c(c2)cc2n3CCNCC2)c1C. The lowest BCUT2D eigenvalue weighted by molar-refractivity contribution is 0.658. The fourth-order valence-corrected chi connectivity index (χ4v) is 3.56. The zero-order chi connectivity index (χ0) is 15.1. The predicted molar refractivity (Wildman–Crippen MR) is 93.4 cm³/mol. The number of aryl methyl sites for hydroxylation is 1. The van der Waals surface area contributed by atoms with E-state index >= 15 is 0 Å². The molecule has 2 heterocycles. The summed E-state index contributed by atoms with van der Waals surface area (Å²) in [4.78, 5) is 0. The van der Waals surface area contributed by atoms with Gasteiger partial charge in [-0.25, -0.2) is 0 Å². The molecule has 0 bridgehead atoms. The number of benzene rings is 2. The normalized spacial score (nSPS) is 14.8. The van der Waals surface area contributed by atoms with Crippen LogP contribution in [-0.2, 0) is 13.0 Å². The maximum atomic E-state index is 3.48. The van der Waals surface area contributed by atoms with Gasteiger partial charge in [-0.2, -0.15) is 0 Å². The zero-order valence-electron chi connectivity index (χ0n) is 13.3. The summed E-state index contributed by atoms with van der Waals surface area (Å²) in [6.07, 6.45) is 1.12. The second-order valence-corrected chi connectivity index (χ2v) is 6.31. The smallest absolute Gasteiger partial charge is 0.0483 e. The minimum atomic E-state index is 1.06. The van der Waals surface area contributed by atoms with Crippen LogP contribution in [0, 0.1) is 13.8 Å². The predicted octanol–water partition coefficient (Wildman–Crippen LogP) is 4.07. The van der Waals surface area contributed by atoms with Crippen molar-refractivity contribution in [3.05, 3.63) is 59.3 Å². The summed E-state index contributed by atoms with van der Waals surface area (Å²) < 4.78 is 2.47. The van der Waals surface area contributed by atoms with Gasteiger partial charge in [0, 0.05) is 42.7 Å². The molecule has 4 rings (SSSR count). The fraction of sp³-hybridized carbons (Fsp3) is 0.300. The highest BCUT2D eigenvalue weighted by atomic mass is 15.0. The fourth-order valence-electron chi connectivity index (χ4n) is 3.56. The van der Waals surface area contributed by atoms with Gasteiger partial charge < -0.3 is 9.88 Å². The summed E-state index contributed by atoms with van der Waals surface area (Å²) in [7, 11) is 0. The van der Waals surface area contributed by atoms with E-state index in [2.05, 4.69) is 66.2 Å². The Morgan fingerprint density at radius 2 is 1.91 bits per heavy atom. The van der Waals surface area contributed by atoms with Crippen molar-refractivity contribution in [3.8, 4) is 11.1 Å². The molecule has 1 aliphatic heterocycles. The van der Waals surface area contributed by atoms with Gasteiger partial charge in [0.15, 0.2) is 0 Å². The van der Waals surface area contributed by atoms with Crippen LogP contribution >= 0.6 is 0 Å². The lowest BCUT2D eigenvalue weighted by atomic mass is 9.96. The number of aromatic nitrogens is 1. The zero-order valence-corrected chi connectivity index (χ0v) is 13.3. The van der Waals surface area contributed by atoms with Crippen molar-refractivity contribution in [1.82, 2.24) is 9.88 Å². The van der Waals surface area contributed by atoms with Gasteiger partial charge in [0.2, 0.25) is 0 Å². The minimum absolute atomic E-state index is 1.06. The molecule has 3 aromatic rings. The third-order valence-electron chi connectivity index (χ3n) is 4.97. The average Bonchev–Trinajstić information content (AvgIpc) is 2.70. The molecule has 1 N–H and O–H groups in total. The van der Waals surface area contributed by atoms with Crippen LogP contribution in [0.1, 0.15) is 16.8 Å². The first-order chi connectivity index (χ1) is 10.7. The molecule has 112 valence electrons. The second kappa shape index (κ2) is 5.29. The third-order valence-corrected chi connectivity index (χ3v) is 4.97. The second-order valence-electron chi connectivity index (χ2n) is 6.31. The first-order valence-electron chi connectivity index (χ1n) is 8.13. The van der Waals surface area contributed by atoms with Gasteiger partial charge >= 0.3 is 0 Å². The van der Waals surface area contributed by atoms with E-state index in [1.54, 1.807) is 0 Å². The lowest BCUT2D eigenvalue weighted by Gasteiger charge is -2.10. The highest BCUT2D eigenvalue weighted by Crippen LogP contribution is 2.30. The Hall–Kier alpha value is -2.06. The summed E-state index contributed by atoms with van der Waals surface area (Å²) in [6.45, 7) is 7.62. The highest BCUT2D eigenvalue weighted by molar-refractivity contribution is 5.87. The number of nitrogens with zero attached hydrogens (tertiary/aromatic N) is 1. The van der Waals surface area contributed by atoms with Crippen molar-refractivity contribution >= 4 is 10.9 Å². The van der Waals surface area contributed by atoms with Gasteiger partial charge in [0.1, 0.15) is 0 Å². The summed E-state index contributed by atoms with van der Waals surface area (Å²) in [5.74, 6) is 0. The van der Waals surface area contributed by atoms with E-state index in [1.165, 1.54) is 38.9 Å². The summed E-state index contributed by atoms with van der Waals surface area (Å²) in [5, 5.41) is 4.85. The van der Waals surface area contributed by atoms with E-state index in [1.807, 2.05) is 0 Å². The van der Waals surface area contributed by atoms with Crippen LogP contribution in [0.2, 0.25) is 0 Å². The van der Waals surface area contributed by atoms with Gasteiger partial charge in [-0.1, -0.05) is 24.3 Å². The van der Waals surface area contributed by atoms with Crippen LogP contribution in [0.4, 0.5) is 0 Å². The van der Waals surface area contributed by atoms with Crippen LogP contribution in [0.15, 0.2) is 42.5 Å². The summed E-state index contributed by atoms with van der Waals surface area (Å²) >= 11 is 0. The molecule has 0 amide bonds. The molecular weight excluding hydrogens is 268 g/mol. The first kappa shape index (κ1) is 13.6. The van der Waals surface area contributed by atoms with Crippen LogP contribution in [-0.4, -0.2) is 17.7 Å². The summed E-state index contributed by atoms with van der Waals surface area (Å²) in [5.41, 5.74) is 8.24. The Morgan fingerprint density at radius 1 is 1.00 bits per heavy atom. The van der Waals surface area contributed by atoms with Crippen molar-refractivity contribution in [3.63, 3.8) is 0 Å². The van der Waals surface area contributed by atoms with Gasteiger partial charge in [0.05, 0.1) is 0 Å². The quantitative estimate of drug-likeness (QED) is 0.715. The van der Waals surface area contributed by atoms with E-state index < -0.39 is 0 Å². The number of rotatable bonds is 1. The van der Waals surface area contributed by atoms with E-state index in [0.717, 1.165) is 26.1 Å². The maximum Gasteiger partial charge on any atom is 0.0483 e. The molecule has 0 unspecified atom stereocenters. The van der Waals surface area contributed by atoms with E-state index in [-0.39, 0.29) is 0 Å². The van der Waals surface area contributed by atoms with Gasteiger partial charge in [-0.05, 0) is 54.3 Å². The Kier molecular flexibility index (Phi) is 3.27. The molecule has 22 heavy (non-hydrogen) atoms. The lowest BCUT2D eigenvalue weighted by Crippen LogP contribution is -2.17. The number of hydrogen-bond donors (Lipinski definition) is 1. The molecule has 1 aromatic heterocycles. The maximum absolute atomic E-state index is 3.48. The Balaban J connectivity index is 1.86. The molecule has 2 heteroatoms. The van der Waals surface area contributed by atoms with Gasteiger partial charge in [0.25, 0.3) is 0 Å². The molecular formula is C20H22N2. The molecule has 0 aliphatic carbocycles. The molecule has 0 radical (unpaired) electrons. The van der Waals surface area contributed by atoms with Crippen LogP contribution in [0.3, 0.4) is 0 Å². The van der Waals surface area contributed by atoms with Crippen molar-refractivity contribution < 1.29 is 0 Å². The van der Waals surface area contributed by atoms with E-state index in [9.17, 15) is 0 Å². The molecule has 0 saturated heterocycles. The minimum Gasteiger partial charge on any atom is -0.343 e. The van der Waals surface area contributed by atoms with Gasteiger partial charge in [-0.15, -0.1) is 0 Å². The van der Waals surface area contributed by atoms with E-state index in [0.29, 0.717) is 0 Å². The monoisotopic (exact) mass is 290 g/mol. The average molecular weight is 290 g/mol. The molecule has 0 fully saturated rings. The Morgan fingerprint density at radius 3 is 2.82 bits per heavy atom. The first-order valence-corrected chi connectivity index (χ1v) is 8.13. The number of fused-ring (bicyclic) bond motifs is 3. The molecule has 1 aliphatic rings. The van der Waals surface area contributed by atoms with E-state index in [4.69, 9.17) is 0 Å². The number of hydrogen-bond acceptors (Lipinski definition) is 1. The topological polar surface area (TPSA) is 17.0 Å². The Labute approximate surface area is 131 Å². The highest BCUT2D eigenvalue weighted by Gasteiger charge is 2.12. The summed E-state index contributed by atoms with van der Waals surface area (Å²) in [6, 6.07) is 15.9. The van der Waals surface area contributed by atoms with Crippen LogP contribution in [0.5, 0.6) is 0 Å². The van der Waals surface area contributed by atoms with Crippen LogP contribution in [0.25, 0.3) is 22.0 Å². The Bertz CT molecular complexity index is 842.